The third-order valence-corrected chi connectivity index (χ3v) is 1.96. The molecule has 0 aliphatic carbocycles. The smallest absolute Gasteiger partial charge is 0.247 e. The lowest BCUT2D eigenvalue weighted by Crippen LogP contribution is -2.07. The summed E-state index contributed by atoms with van der Waals surface area (Å²) in [5, 5.41) is 2.58. The molecule has 0 aliphatic rings. The van der Waals surface area contributed by atoms with Gasteiger partial charge >= 0.3 is 0 Å². The van der Waals surface area contributed by atoms with Crippen LogP contribution in [0.3, 0.4) is 0 Å². The van der Waals surface area contributed by atoms with Crippen LogP contribution in [0.25, 0.3) is 0 Å². The SMILES string of the molecule is C=CC(=O)Nc1ccc(C(=O)P)cc1. The van der Waals surface area contributed by atoms with Crippen molar-refractivity contribution in [1.82, 2.24) is 0 Å². The summed E-state index contributed by atoms with van der Waals surface area (Å²) in [5.41, 5.74) is 1.16. The molecule has 1 rings (SSSR count). The molecule has 3 nitrogen and oxygen atoms in total. The van der Waals surface area contributed by atoms with Crippen LogP contribution in [0.4, 0.5) is 5.69 Å². The van der Waals surface area contributed by atoms with Crippen LogP contribution in [-0.4, -0.2) is 11.4 Å². The standard InChI is InChI=1S/C10H10NO2P/c1-2-9(12)11-8-5-3-7(4-6-8)10(13)14/h2-6H,1,14H2,(H,11,12). The molecule has 72 valence electrons. The minimum Gasteiger partial charge on any atom is -0.323 e. The molecule has 0 saturated heterocycles. The Morgan fingerprint density at radius 3 is 2.29 bits per heavy atom. The summed E-state index contributed by atoms with van der Waals surface area (Å²) in [7, 11) is 2.09. The van der Waals surface area contributed by atoms with Gasteiger partial charge in [-0.25, -0.2) is 0 Å². The minimum atomic E-state index is -0.269. The molecule has 1 unspecified atom stereocenters. The first-order valence-electron chi connectivity index (χ1n) is 3.97. The van der Waals surface area contributed by atoms with Crippen molar-refractivity contribution in [3.05, 3.63) is 42.5 Å². The van der Waals surface area contributed by atoms with Gasteiger partial charge in [-0.2, -0.15) is 0 Å². The highest BCUT2D eigenvalue weighted by atomic mass is 31.0. The lowest BCUT2D eigenvalue weighted by atomic mass is 10.2. The van der Waals surface area contributed by atoms with Crippen molar-refractivity contribution in [3.63, 3.8) is 0 Å². The van der Waals surface area contributed by atoms with E-state index in [1.807, 2.05) is 0 Å². The highest BCUT2D eigenvalue weighted by Gasteiger charge is 2.00. The molecule has 0 aromatic heterocycles. The molecular weight excluding hydrogens is 197 g/mol. The lowest BCUT2D eigenvalue weighted by molar-refractivity contribution is -0.111. The highest BCUT2D eigenvalue weighted by Crippen LogP contribution is 2.11. The van der Waals surface area contributed by atoms with Gasteiger partial charge in [-0.3, -0.25) is 9.59 Å². The molecule has 0 saturated carbocycles. The Balaban J connectivity index is 2.78. The molecule has 1 aromatic carbocycles. The van der Waals surface area contributed by atoms with Gasteiger partial charge in [0.2, 0.25) is 5.91 Å². The van der Waals surface area contributed by atoms with E-state index < -0.39 is 0 Å². The molecule has 0 fully saturated rings. The van der Waals surface area contributed by atoms with Crippen LogP contribution < -0.4 is 5.32 Å². The van der Waals surface area contributed by atoms with E-state index in [2.05, 4.69) is 21.1 Å². The van der Waals surface area contributed by atoms with Gasteiger partial charge in [-0.15, -0.1) is 0 Å². The molecule has 0 bridgehead atoms. The van der Waals surface area contributed by atoms with Gasteiger partial charge in [0.1, 0.15) is 0 Å². The molecule has 0 heterocycles. The fourth-order valence-electron chi connectivity index (χ4n) is 0.911. The number of nitrogens with one attached hydrogen (secondary N) is 1. The summed E-state index contributed by atoms with van der Waals surface area (Å²) in [6.45, 7) is 3.33. The van der Waals surface area contributed by atoms with Crippen LogP contribution in [-0.2, 0) is 4.79 Å². The molecule has 1 N–H and O–H groups in total. The molecule has 14 heavy (non-hydrogen) atoms. The molecule has 4 heteroatoms. The average molecular weight is 207 g/mol. The maximum Gasteiger partial charge on any atom is 0.247 e. The average Bonchev–Trinajstić information content (AvgIpc) is 2.18. The number of carbonyl (C=O) groups excluding carboxylic acids is 2. The van der Waals surface area contributed by atoms with Crippen molar-refractivity contribution < 1.29 is 9.59 Å². The van der Waals surface area contributed by atoms with Crippen molar-refractivity contribution in [2.45, 2.75) is 0 Å². The molecule has 0 spiro atoms. The first-order valence-corrected chi connectivity index (χ1v) is 4.54. The van der Waals surface area contributed by atoms with Crippen LogP contribution in [0.5, 0.6) is 0 Å². The fourth-order valence-corrected chi connectivity index (χ4v) is 1.10. The Kier molecular flexibility index (Phi) is 3.55. The number of carbonyl (C=O) groups is 2. The van der Waals surface area contributed by atoms with Crippen LogP contribution in [0.2, 0.25) is 0 Å². The first-order chi connectivity index (χ1) is 6.63. The van der Waals surface area contributed by atoms with Gasteiger partial charge < -0.3 is 5.32 Å². The summed E-state index contributed by atoms with van der Waals surface area (Å²) in [5.74, 6) is -0.269. The molecular formula is C10H10NO2P. The molecule has 1 aromatic rings. The number of hydrogen-bond donors (Lipinski definition) is 1. The van der Waals surface area contributed by atoms with E-state index in [1.54, 1.807) is 24.3 Å². The van der Waals surface area contributed by atoms with Gasteiger partial charge in [-0.05, 0) is 30.3 Å². The number of hydrogen-bond acceptors (Lipinski definition) is 2. The van der Waals surface area contributed by atoms with Crippen molar-refractivity contribution in [1.29, 1.82) is 0 Å². The summed E-state index contributed by atoms with van der Waals surface area (Å²) in [6.07, 6.45) is 1.19. The summed E-state index contributed by atoms with van der Waals surface area (Å²) < 4.78 is 0. The number of benzene rings is 1. The predicted molar refractivity (Wildman–Crippen MR) is 59.3 cm³/mol. The van der Waals surface area contributed by atoms with E-state index in [1.165, 1.54) is 6.08 Å². The van der Waals surface area contributed by atoms with Crippen LogP contribution in [0.1, 0.15) is 10.4 Å². The maximum atomic E-state index is 10.9. The van der Waals surface area contributed by atoms with Crippen LogP contribution in [0, 0.1) is 0 Å². The van der Waals surface area contributed by atoms with Crippen LogP contribution in [0.15, 0.2) is 36.9 Å². The number of amides is 1. The van der Waals surface area contributed by atoms with Gasteiger partial charge in [0, 0.05) is 11.3 Å². The van der Waals surface area contributed by atoms with E-state index in [0.29, 0.717) is 11.3 Å². The summed E-state index contributed by atoms with van der Waals surface area (Å²) >= 11 is 0. The Bertz CT molecular complexity index is 370. The van der Waals surface area contributed by atoms with Gasteiger partial charge in [0.05, 0.1) is 0 Å². The van der Waals surface area contributed by atoms with E-state index in [-0.39, 0.29) is 11.4 Å². The fraction of sp³-hybridized carbons (Fsp3) is 0. The predicted octanol–water partition coefficient (Wildman–Crippen LogP) is 1.83. The lowest BCUT2D eigenvalue weighted by Gasteiger charge is -2.02. The number of rotatable bonds is 3. The van der Waals surface area contributed by atoms with Crippen LogP contribution >= 0.6 is 9.24 Å². The minimum absolute atomic E-state index is 0.0772. The molecule has 0 radical (unpaired) electrons. The molecule has 1 atom stereocenters. The molecule has 1 amide bonds. The van der Waals surface area contributed by atoms with E-state index >= 15 is 0 Å². The second-order valence-corrected chi connectivity index (χ2v) is 3.16. The third kappa shape index (κ3) is 2.79. The second-order valence-electron chi connectivity index (χ2n) is 2.63. The maximum absolute atomic E-state index is 10.9. The Morgan fingerprint density at radius 1 is 1.29 bits per heavy atom. The summed E-state index contributed by atoms with van der Waals surface area (Å²) in [4.78, 5) is 21.8. The Hall–Kier alpha value is -1.47. The van der Waals surface area contributed by atoms with Crippen molar-refractivity contribution in [2.24, 2.45) is 0 Å². The Labute approximate surface area is 84.4 Å². The normalized spacial score (nSPS) is 9.21. The number of anilines is 1. The van der Waals surface area contributed by atoms with E-state index in [4.69, 9.17) is 0 Å². The van der Waals surface area contributed by atoms with E-state index in [9.17, 15) is 9.59 Å². The Morgan fingerprint density at radius 2 is 1.86 bits per heavy atom. The highest BCUT2D eigenvalue weighted by molar-refractivity contribution is 7.41. The van der Waals surface area contributed by atoms with Crippen molar-refractivity contribution in [3.8, 4) is 0 Å². The van der Waals surface area contributed by atoms with Gasteiger partial charge in [0.15, 0.2) is 5.52 Å². The zero-order valence-corrected chi connectivity index (χ0v) is 8.64. The topological polar surface area (TPSA) is 46.2 Å². The van der Waals surface area contributed by atoms with Gasteiger partial charge in [-0.1, -0.05) is 15.8 Å². The van der Waals surface area contributed by atoms with E-state index in [0.717, 1.165) is 0 Å². The summed E-state index contributed by atoms with van der Waals surface area (Å²) in [6, 6.07) is 6.62. The monoisotopic (exact) mass is 207 g/mol. The van der Waals surface area contributed by atoms with Gasteiger partial charge in [0.25, 0.3) is 0 Å². The molecule has 0 aliphatic heterocycles. The largest absolute Gasteiger partial charge is 0.323 e. The zero-order chi connectivity index (χ0) is 10.6. The zero-order valence-electron chi connectivity index (χ0n) is 7.49. The quantitative estimate of drug-likeness (QED) is 0.607. The third-order valence-electron chi connectivity index (χ3n) is 1.62. The van der Waals surface area contributed by atoms with Crippen molar-refractivity contribution in [2.75, 3.05) is 5.32 Å². The van der Waals surface area contributed by atoms with Crippen molar-refractivity contribution >= 4 is 26.4 Å². The first kappa shape index (κ1) is 10.6. The second kappa shape index (κ2) is 4.68.